The Bertz CT molecular complexity index is 832. The van der Waals surface area contributed by atoms with E-state index in [0.29, 0.717) is 11.6 Å². The molecule has 1 unspecified atom stereocenters. The fourth-order valence-corrected chi connectivity index (χ4v) is 4.07. The van der Waals surface area contributed by atoms with Gasteiger partial charge in [-0.25, -0.2) is 0 Å². The number of nitrogens with zero attached hydrogens (tertiary/aromatic N) is 1. The molecule has 5 rings (SSSR count). The predicted molar refractivity (Wildman–Crippen MR) is 98.7 cm³/mol. The maximum Gasteiger partial charge on any atom is 0.231 e. The number of halogens is 1. The van der Waals surface area contributed by atoms with Crippen LogP contribution < -0.4 is 20.1 Å². The van der Waals surface area contributed by atoms with Crippen LogP contribution in [0.15, 0.2) is 24.4 Å². The summed E-state index contributed by atoms with van der Waals surface area (Å²) >= 11 is 0. The minimum atomic E-state index is 0. The van der Waals surface area contributed by atoms with Crippen LogP contribution in [0.5, 0.6) is 11.5 Å². The molecule has 1 amide bonds. The van der Waals surface area contributed by atoms with Crippen LogP contribution in [0, 0.1) is 11.3 Å². The number of nitrogens with one attached hydrogen (secondary N) is 3. The molecule has 2 aromatic rings. The molecule has 7 nitrogen and oxygen atoms in total. The van der Waals surface area contributed by atoms with Gasteiger partial charge in [-0.3, -0.25) is 9.89 Å². The molecule has 1 aromatic carbocycles. The number of hydrogen-bond acceptors (Lipinski definition) is 5. The number of carbonyl (C=O) groups excluding carboxylic acids is 1. The third kappa shape index (κ3) is 2.81. The van der Waals surface area contributed by atoms with E-state index in [2.05, 4.69) is 20.8 Å². The summed E-state index contributed by atoms with van der Waals surface area (Å²) < 4.78 is 10.8. The van der Waals surface area contributed by atoms with E-state index in [1.54, 1.807) is 6.20 Å². The van der Waals surface area contributed by atoms with Crippen molar-refractivity contribution in [2.75, 3.05) is 25.2 Å². The molecule has 1 atom stereocenters. The normalized spacial score (nSPS) is 21.9. The highest BCUT2D eigenvalue weighted by Crippen LogP contribution is 2.58. The SMILES string of the molecule is Cl.O=C(Nc1[nH]ncc1-c1ccc2c(c1)OCO2)C1CC12CCNCC2. The first-order valence-corrected chi connectivity index (χ1v) is 8.70. The monoisotopic (exact) mass is 376 g/mol. The van der Waals surface area contributed by atoms with E-state index < -0.39 is 0 Å². The lowest BCUT2D eigenvalue weighted by molar-refractivity contribution is -0.118. The zero-order valence-electron chi connectivity index (χ0n) is 14.2. The van der Waals surface area contributed by atoms with Crippen molar-refractivity contribution in [3.63, 3.8) is 0 Å². The van der Waals surface area contributed by atoms with Crippen molar-refractivity contribution in [1.82, 2.24) is 15.5 Å². The molecule has 1 saturated heterocycles. The molecule has 0 radical (unpaired) electrons. The number of ether oxygens (including phenoxy) is 2. The fourth-order valence-electron chi connectivity index (χ4n) is 4.07. The first-order valence-electron chi connectivity index (χ1n) is 8.70. The van der Waals surface area contributed by atoms with Crippen molar-refractivity contribution in [2.45, 2.75) is 19.3 Å². The van der Waals surface area contributed by atoms with Crippen LogP contribution in [-0.4, -0.2) is 36.0 Å². The van der Waals surface area contributed by atoms with Gasteiger partial charge in [0.1, 0.15) is 5.82 Å². The Morgan fingerprint density at radius 1 is 1.23 bits per heavy atom. The van der Waals surface area contributed by atoms with Crippen LogP contribution in [0.3, 0.4) is 0 Å². The molecule has 0 bridgehead atoms. The van der Waals surface area contributed by atoms with Crippen molar-refractivity contribution in [2.24, 2.45) is 11.3 Å². The minimum Gasteiger partial charge on any atom is -0.454 e. The number of anilines is 1. The molecule has 138 valence electrons. The van der Waals surface area contributed by atoms with Crippen LogP contribution in [0.1, 0.15) is 19.3 Å². The summed E-state index contributed by atoms with van der Waals surface area (Å²) in [5, 5.41) is 13.4. The van der Waals surface area contributed by atoms with Gasteiger partial charge in [-0.05, 0) is 55.5 Å². The molecule has 1 saturated carbocycles. The van der Waals surface area contributed by atoms with E-state index in [1.165, 1.54) is 0 Å². The van der Waals surface area contributed by atoms with Crippen LogP contribution in [0.25, 0.3) is 11.1 Å². The number of amides is 1. The van der Waals surface area contributed by atoms with E-state index in [1.807, 2.05) is 18.2 Å². The van der Waals surface area contributed by atoms with Crippen molar-refractivity contribution in [3.05, 3.63) is 24.4 Å². The lowest BCUT2D eigenvalue weighted by atomic mass is 9.92. The fraction of sp³-hybridized carbons (Fsp3) is 0.444. The number of aromatic nitrogens is 2. The molecule has 8 heteroatoms. The van der Waals surface area contributed by atoms with Gasteiger partial charge in [-0.1, -0.05) is 6.07 Å². The summed E-state index contributed by atoms with van der Waals surface area (Å²) in [7, 11) is 0. The zero-order chi connectivity index (χ0) is 16.9. The Hall–Kier alpha value is -2.25. The molecule has 2 aliphatic heterocycles. The molecule has 3 aliphatic rings. The summed E-state index contributed by atoms with van der Waals surface area (Å²) in [6.07, 6.45) is 4.89. The maximum absolute atomic E-state index is 12.7. The number of carbonyl (C=O) groups is 1. The number of hydrogen-bond donors (Lipinski definition) is 3. The third-order valence-corrected chi connectivity index (χ3v) is 5.68. The Morgan fingerprint density at radius 3 is 2.88 bits per heavy atom. The number of H-pyrrole nitrogens is 1. The third-order valence-electron chi connectivity index (χ3n) is 5.68. The van der Waals surface area contributed by atoms with E-state index >= 15 is 0 Å². The minimum absolute atomic E-state index is 0. The van der Waals surface area contributed by atoms with Gasteiger partial charge in [0.25, 0.3) is 0 Å². The maximum atomic E-state index is 12.7. The lowest BCUT2D eigenvalue weighted by Gasteiger charge is -2.23. The second kappa shape index (κ2) is 6.48. The summed E-state index contributed by atoms with van der Waals surface area (Å²) in [6, 6.07) is 5.73. The lowest BCUT2D eigenvalue weighted by Crippen LogP contribution is -2.31. The second-order valence-corrected chi connectivity index (χ2v) is 7.09. The van der Waals surface area contributed by atoms with Crippen molar-refractivity contribution in [3.8, 4) is 22.6 Å². The molecule has 2 fully saturated rings. The highest BCUT2D eigenvalue weighted by molar-refractivity contribution is 5.97. The summed E-state index contributed by atoms with van der Waals surface area (Å²) in [4.78, 5) is 12.7. The number of aromatic amines is 1. The summed E-state index contributed by atoms with van der Waals surface area (Å²) in [6.45, 7) is 2.26. The summed E-state index contributed by atoms with van der Waals surface area (Å²) in [5.74, 6) is 2.30. The van der Waals surface area contributed by atoms with E-state index in [9.17, 15) is 4.79 Å². The Morgan fingerprint density at radius 2 is 2.04 bits per heavy atom. The van der Waals surface area contributed by atoms with Crippen molar-refractivity contribution < 1.29 is 14.3 Å². The van der Waals surface area contributed by atoms with Gasteiger partial charge < -0.3 is 20.1 Å². The standard InChI is InChI=1S/C18H20N4O3.ClH/c23-17(13-8-18(13)3-5-19-6-4-18)21-16-12(9-20-22-16)11-1-2-14-15(7-11)25-10-24-14;/h1-2,7,9,13,19H,3-6,8,10H2,(H2,20,21,22,23);1H. The van der Waals surface area contributed by atoms with Gasteiger partial charge in [0.05, 0.1) is 6.20 Å². The Kier molecular flexibility index (Phi) is 4.28. The van der Waals surface area contributed by atoms with E-state index in [4.69, 9.17) is 9.47 Å². The molecule has 1 aromatic heterocycles. The predicted octanol–water partition coefficient (Wildman–Crippen LogP) is 2.56. The highest BCUT2D eigenvalue weighted by Gasteiger charge is 2.57. The molecule has 3 heterocycles. The molecule has 1 spiro atoms. The van der Waals surface area contributed by atoms with Crippen LogP contribution >= 0.6 is 12.4 Å². The average Bonchev–Trinajstić information content (AvgIpc) is 3.01. The number of rotatable bonds is 3. The van der Waals surface area contributed by atoms with E-state index in [-0.39, 0.29) is 36.4 Å². The summed E-state index contributed by atoms with van der Waals surface area (Å²) in [5.41, 5.74) is 2.00. The second-order valence-electron chi connectivity index (χ2n) is 7.09. The Balaban J connectivity index is 0.00000168. The van der Waals surface area contributed by atoms with Gasteiger partial charge in [0.15, 0.2) is 11.5 Å². The van der Waals surface area contributed by atoms with Gasteiger partial charge in [0, 0.05) is 11.5 Å². The number of benzene rings is 1. The quantitative estimate of drug-likeness (QED) is 0.766. The largest absolute Gasteiger partial charge is 0.454 e. The van der Waals surface area contributed by atoms with Crippen LogP contribution in [-0.2, 0) is 4.79 Å². The van der Waals surface area contributed by atoms with E-state index in [0.717, 1.165) is 49.2 Å². The van der Waals surface area contributed by atoms with Crippen LogP contribution in [0.2, 0.25) is 0 Å². The molecular formula is C18H21ClN4O3. The zero-order valence-corrected chi connectivity index (χ0v) is 15.0. The number of fused-ring (bicyclic) bond motifs is 1. The van der Waals surface area contributed by atoms with Gasteiger partial charge >= 0.3 is 0 Å². The molecule has 3 N–H and O–H groups in total. The van der Waals surface area contributed by atoms with Gasteiger partial charge in [0.2, 0.25) is 12.7 Å². The highest BCUT2D eigenvalue weighted by atomic mass is 35.5. The van der Waals surface area contributed by atoms with Gasteiger partial charge in [-0.2, -0.15) is 5.10 Å². The molecular weight excluding hydrogens is 356 g/mol. The Labute approximate surface area is 157 Å². The molecule has 1 aliphatic carbocycles. The molecule has 26 heavy (non-hydrogen) atoms. The first-order chi connectivity index (χ1) is 12.3. The smallest absolute Gasteiger partial charge is 0.231 e. The van der Waals surface area contributed by atoms with Crippen molar-refractivity contribution >= 4 is 24.1 Å². The van der Waals surface area contributed by atoms with Gasteiger partial charge in [-0.15, -0.1) is 12.4 Å². The van der Waals surface area contributed by atoms with Crippen molar-refractivity contribution in [1.29, 1.82) is 0 Å². The average molecular weight is 377 g/mol. The van der Waals surface area contributed by atoms with Crippen LogP contribution in [0.4, 0.5) is 5.82 Å². The topological polar surface area (TPSA) is 88.3 Å². The number of piperidine rings is 1. The first kappa shape index (κ1) is 17.2.